The summed E-state index contributed by atoms with van der Waals surface area (Å²) < 4.78 is 5.81. The van der Waals surface area contributed by atoms with Crippen molar-refractivity contribution in [2.24, 2.45) is 0 Å². The first kappa shape index (κ1) is 13.2. The van der Waals surface area contributed by atoms with Crippen LogP contribution in [0.15, 0.2) is 29.0 Å². The number of benzene rings is 1. The Morgan fingerprint density at radius 3 is 2.95 bits per heavy atom. The number of aromatic nitrogens is 4. The standard InChI is InChI=1S/C11H7BrN6O3/c12-7-5(18(19)20)2-1-3-6(7)21-10-8-9(15-4-14-8)16-11(13)17-10/h1-4H,(H3,13,14,15,16,17). The Morgan fingerprint density at radius 2 is 2.19 bits per heavy atom. The molecule has 0 radical (unpaired) electrons. The van der Waals surface area contributed by atoms with Crippen LogP contribution in [0.1, 0.15) is 0 Å². The Kier molecular flexibility index (Phi) is 3.14. The Balaban J connectivity index is 2.09. The minimum atomic E-state index is -0.517. The van der Waals surface area contributed by atoms with Gasteiger partial charge in [-0.15, -0.1) is 0 Å². The molecule has 1 aromatic carbocycles. The Bertz CT molecular complexity index is 849. The second kappa shape index (κ2) is 4.98. The number of ether oxygens (including phenoxy) is 1. The third-order valence-electron chi connectivity index (χ3n) is 2.62. The molecule has 3 N–H and O–H groups in total. The number of hydrogen-bond acceptors (Lipinski definition) is 7. The minimum Gasteiger partial charge on any atom is -0.435 e. The smallest absolute Gasteiger partial charge is 0.287 e. The van der Waals surface area contributed by atoms with Crippen molar-refractivity contribution >= 4 is 38.7 Å². The fraction of sp³-hybridized carbons (Fsp3) is 0. The molecule has 106 valence electrons. The highest BCUT2D eigenvalue weighted by Crippen LogP contribution is 2.37. The molecule has 0 aliphatic carbocycles. The number of halogens is 1. The van der Waals surface area contributed by atoms with E-state index in [1.165, 1.54) is 18.5 Å². The Labute approximate surface area is 125 Å². The molecule has 3 aromatic rings. The van der Waals surface area contributed by atoms with E-state index >= 15 is 0 Å². The molecule has 9 nitrogen and oxygen atoms in total. The SMILES string of the molecule is Nc1nc(Oc2cccc([N+](=O)[O-])c2Br)c2[nH]cnc2n1. The summed E-state index contributed by atoms with van der Waals surface area (Å²) in [6.07, 6.45) is 1.42. The van der Waals surface area contributed by atoms with E-state index in [0.29, 0.717) is 11.2 Å². The molecule has 0 aliphatic rings. The Morgan fingerprint density at radius 1 is 1.38 bits per heavy atom. The zero-order chi connectivity index (χ0) is 15.0. The molecule has 21 heavy (non-hydrogen) atoms. The fourth-order valence-corrected chi connectivity index (χ4v) is 2.21. The minimum absolute atomic E-state index is 0.00819. The molecule has 0 aliphatic heterocycles. The van der Waals surface area contributed by atoms with Crippen molar-refractivity contribution in [1.29, 1.82) is 0 Å². The zero-order valence-electron chi connectivity index (χ0n) is 10.3. The molecule has 10 heteroatoms. The number of imidazole rings is 1. The first-order chi connectivity index (χ1) is 10.1. The van der Waals surface area contributed by atoms with Gasteiger partial charge in [-0.1, -0.05) is 6.07 Å². The molecule has 2 heterocycles. The van der Waals surface area contributed by atoms with Crippen LogP contribution in [0.3, 0.4) is 0 Å². The summed E-state index contributed by atoms with van der Waals surface area (Å²) in [6.45, 7) is 0. The lowest BCUT2D eigenvalue weighted by molar-refractivity contribution is -0.385. The van der Waals surface area contributed by atoms with Gasteiger partial charge in [0.15, 0.2) is 11.4 Å². The van der Waals surface area contributed by atoms with Gasteiger partial charge in [-0.25, -0.2) is 4.98 Å². The van der Waals surface area contributed by atoms with Gasteiger partial charge in [0.25, 0.3) is 11.6 Å². The number of nitrogen functional groups attached to an aromatic ring is 1. The van der Waals surface area contributed by atoms with E-state index in [0.717, 1.165) is 0 Å². The van der Waals surface area contributed by atoms with Crippen LogP contribution in [0, 0.1) is 10.1 Å². The van der Waals surface area contributed by atoms with Crippen molar-refractivity contribution in [2.75, 3.05) is 5.73 Å². The summed E-state index contributed by atoms with van der Waals surface area (Å²) in [5, 5.41) is 10.9. The first-order valence-electron chi connectivity index (χ1n) is 5.63. The molecule has 0 saturated heterocycles. The second-order valence-corrected chi connectivity index (χ2v) is 4.73. The van der Waals surface area contributed by atoms with Crippen molar-refractivity contribution in [3.05, 3.63) is 39.1 Å². The van der Waals surface area contributed by atoms with Gasteiger partial charge in [-0.05, 0) is 22.0 Å². The second-order valence-electron chi connectivity index (χ2n) is 3.94. The van der Waals surface area contributed by atoms with Crippen molar-refractivity contribution < 1.29 is 9.66 Å². The van der Waals surface area contributed by atoms with Crippen LogP contribution in [-0.2, 0) is 0 Å². The predicted octanol–water partition coefficient (Wildman–Crippen LogP) is 2.40. The number of H-pyrrole nitrogens is 1. The van der Waals surface area contributed by atoms with Crippen LogP contribution in [-0.4, -0.2) is 24.9 Å². The molecule has 2 aromatic heterocycles. The maximum atomic E-state index is 10.9. The van der Waals surface area contributed by atoms with Gasteiger partial charge >= 0.3 is 0 Å². The average Bonchev–Trinajstić information content (AvgIpc) is 2.88. The number of nitrogens with one attached hydrogen (secondary N) is 1. The van der Waals surface area contributed by atoms with E-state index in [9.17, 15) is 10.1 Å². The summed E-state index contributed by atoms with van der Waals surface area (Å²) in [5.41, 5.74) is 6.26. The van der Waals surface area contributed by atoms with Gasteiger partial charge in [0.05, 0.1) is 11.3 Å². The lowest BCUT2D eigenvalue weighted by atomic mass is 10.3. The number of nitro benzene ring substituents is 1. The van der Waals surface area contributed by atoms with Crippen molar-refractivity contribution in [2.45, 2.75) is 0 Å². The largest absolute Gasteiger partial charge is 0.435 e. The average molecular weight is 351 g/mol. The lowest BCUT2D eigenvalue weighted by Gasteiger charge is -2.07. The molecule has 0 bridgehead atoms. The van der Waals surface area contributed by atoms with Gasteiger partial charge in [0.1, 0.15) is 9.99 Å². The highest BCUT2D eigenvalue weighted by molar-refractivity contribution is 9.10. The van der Waals surface area contributed by atoms with E-state index in [1.807, 2.05) is 0 Å². The molecule has 0 spiro atoms. The quantitative estimate of drug-likeness (QED) is 0.547. The molecule has 0 saturated carbocycles. The molecule has 0 fully saturated rings. The van der Waals surface area contributed by atoms with E-state index in [2.05, 4.69) is 35.9 Å². The summed E-state index contributed by atoms with van der Waals surface area (Å²) in [6, 6.07) is 4.43. The molecule has 0 atom stereocenters. The maximum absolute atomic E-state index is 10.9. The first-order valence-corrected chi connectivity index (χ1v) is 6.43. The van der Waals surface area contributed by atoms with Crippen LogP contribution in [0.2, 0.25) is 0 Å². The number of fused-ring (bicyclic) bond motifs is 1. The van der Waals surface area contributed by atoms with Crippen LogP contribution in [0.4, 0.5) is 11.6 Å². The van der Waals surface area contributed by atoms with Gasteiger partial charge < -0.3 is 15.5 Å². The molecular formula is C11H7BrN6O3. The van der Waals surface area contributed by atoms with Gasteiger partial charge in [-0.2, -0.15) is 9.97 Å². The third kappa shape index (κ3) is 2.36. The number of nitro groups is 1. The summed E-state index contributed by atoms with van der Waals surface area (Å²) in [7, 11) is 0. The number of nitrogens with zero attached hydrogens (tertiary/aromatic N) is 4. The van der Waals surface area contributed by atoms with Gasteiger partial charge in [-0.3, -0.25) is 10.1 Å². The van der Waals surface area contributed by atoms with Gasteiger partial charge in [0.2, 0.25) is 5.95 Å². The van der Waals surface area contributed by atoms with Crippen molar-refractivity contribution in [3.63, 3.8) is 0 Å². The van der Waals surface area contributed by atoms with E-state index < -0.39 is 4.92 Å². The van der Waals surface area contributed by atoms with Crippen molar-refractivity contribution in [1.82, 2.24) is 19.9 Å². The molecular weight excluding hydrogens is 344 g/mol. The fourth-order valence-electron chi connectivity index (χ4n) is 1.72. The van der Waals surface area contributed by atoms with Crippen LogP contribution in [0.25, 0.3) is 11.2 Å². The maximum Gasteiger partial charge on any atom is 0.287 e. The van der Waals surface area contributed by atoms with Crippen LogP contribution < -0.4 is 10.5 Å². The Hall–Kier alpha value is -2.75. The van der Waals surface area contributed by atoms with Crippen LogP contribution in [0.5, 0.6) is 11.6 Å². The molecule has 0 amide bonds. The number of hydrogen-bond donors (Lipinski definition) is 2. The summed E-state index contributed by atoms with van der Waals surface area (Å²) in [4.78, 5) is 25.1. The topological polar surface area (TPSA) is 133 Å². The summed E-state index contributed by atoms with van der Waals surface area (Å²) >= 11 is 3.15. The normalized spacial score (nSPS) is 10.7. The van der Waals surface area contributed by atoms with E-state index in [1.54, 1.807) is 6.07 Å². The monoisotopic (exact) mass is 350 g/mol. The highest BCUT2D eigenvalue weighted by Gasteiger charge is 2.18. The summed E-state index contributed by atoms with van der Waals surface area (Å²) in [5.74, 6) is 0.362. The predicted molar refractivity (Wildman–Crippen MR) is 77.0 cm³/mol. The van der Waals surface area contributed by atoms with Gasteiger partial charge in [0, 0.05) is 6.07 Å². The molecule has 0 unspecified atom stereocenters. The third-order valence-corrected chi connectivity index (χ3v) is 3.41. The van der Waals surface area contributed by atoms with Crippen molar-refractivity contribution in [3.8, 4) is 11.6 Å². The van der Waals surface area contributed by atoms with Crippen LogP contribution >= 0.6 is 15.9 Å². The lowest BCUT2D eigenvalue weighted by Crippen LogP contribution is -1.99. The number of anilines is 1. The number of rotatable bonds is 3. The zero-order valence-corrected chi connectivity index (χ0v) is 11.9. The highest BCUT2D eigenvalue weighted by atomic mass is 79.9. The number of nitrogens with two attached hydrogens (primary N) is 1. The molecule has 3 rings (SSSR count). The van der Waals surface area contributed by atoms with E-state index in [4.69, 9.17) is 10.5 Å². The van der Waals surface area contributed by atoms with E-state index in [-0.39, 0.29) is 27.7 Å². The number of aromatic amines is 1.